The highest BCUT2D eigenvalue weighted by Gasteiger charge is 2.74. The van der Waals surface area contributed by atoms with Gasteiger partial charge in [0, 0.05) is 11.3 Å². The van der Waals surface area contributed by atoms with Crippen LogP contribution in [-0.2, 0) is 12.1 Å². The van der Waals surface area contributed by atoms with Gasteiger partial charge in [0.2, 0.25) is 0 Å². The normalized spacial score (nSPS) is 13.8. The minimum absolute atomic E-state index is 0.121. The Labute approximate surface area is 116 Å². The van der Waals surface area contributed by atoms with Crippen molar-refractivity contribution in [2.75, 3.05) is 5.73 Å². The van der Waals surface area contributed by atoms with Crippen LogP contribution in [0.1, 0.15) is 25.0 Å². The van der Waals surface area contributed by atoms with Crippen molar-refractivity contribution >= 4 is 5.69 Å². The van der Waals surface area contributed by atoms with E-state index in [4.69, 9.17) is 5.73 Å². The second-order valence-electron chi connectivity index (χ2n) is 5.17. The molecule has 0 aromatic heterocycles. The van der Waals surface area contributed by atoms with E-state index in [9.17, 15) is 30.7 Å². The van der Waals surface area contributed by atoms with Crippen LogP contribution in [0.2, 0.25) is 0 Å². The van der Waals surface area contributed by atoms with E-state index in [2.05, 4.69) is 0 Å². The lowest BCUT2D eigenvalue weighted by molar-refractivity contribution is -0.348. The fraction of sp³-hybridized carbons (Fsp3) is 0.538. The molecule has 2 N–H and O–H groups in total. The highest BCUT2D eigenvalue weighted by atomic mass is 19.4. The van der Waals surface area contributed by atoms with Crippen LogP contribution < -0.4 is 5.73 Å². The second-order valence-corrected chi connectivity index (χ2v) is 5.17. The van der Waals surface area contributed by atoms with Crippen molar-refractivity contribution in [3.05, 3.63) is 29.3 Å². The lowest BCUT2D eigenvalue weighted by Gasteiger charge is -2.31. The van der Waals surface area contributed by atoms with Gasteiger partial charge in [-0.1, -0.05) is 26.0 Å². The van der Waals surface area contributed by atoms with Crippen LogP contribution >= 0.6 is 0 Å². The molecule has 0 heterocycles. The number of halogens is 7. The van der Waals surface area contributed by atoms with Gasteiger partial charge in [-0.15, -0.1) is 0 Å². The molecule has 1 nitrogen and oxygen atoms in total. The molecule has 0 saturated heterocycles. The summed E-state index contributed by atoms with van der Waals surface area (Å²) in [4.78, 5) is 0. The van der Waals surface area contributed by atoms with Gasteiger partial charge in [-0.2, -0.15) is 26.3 Å². The predicted molar refractivity (Wildman–Crippen MR) is 64.3 cm³/mol. The van der Waals surface area contributed by atoms with E-state index in [0.29, 0.717) is 18.1 Å². The molecule has 0 amide bonds. The summed E-state index contributed by atoms with van der Waals surface area (Å²) in [5, 5.41) is 0. The van der Waals surface area contributed by atoms with Gasteiger partial charge in [0.25, 0.3) is 0 Å². The number of benzene rings is 1. The Hall–Kier alpha value is -1.47. The zero-order valence-electron chi connectivity index (χ0n) is 11.2. The van der Waals surface area contributed by atoms with Gasteiger partial charge in [-0.05, 0) is 24.0 Å². The largest absolute Gasteiger partial charge is 0.436 e. The van der Waals surface area contributed by atoms with Gasteiger partial charge in [0.1, 0.15) is 0 Å². The number of nitrogen functional groups attached to an aromatic ring is 1. The van der Waals surface area contributed by atoms with Crippen LogP contribution in [0.15, 0.2) is 18.2 Å². The van der Waals surface area contributed by atoms with E-state index >= 15 is 0 Å². The smallest absolute Gasteiger partial charge is 0.398 e. The molecule has 8 heteroatoms. The molecular formula is C13H14F7N. The molecule has 1 aromatic carbocycles. The highest BCUT2D eigenvalue weighted by molar-refractivity contribution is 5.53. The fourth-order valence-corrected chi connectivity index (χ4v) is 1.99. The molecule has 0 bridgehead atoms. The molecule has 0 aliphatic carbocycles. The minimum Gasteiger partial charge on any atom is -0.398 e. The van der Waals surface area contributed by atoms with Crippen molar-refractivity contribution in [1.29, 1.82) is 0 Å². The van der Waals surface area contributed by atoms with Crippen LogP contribution in [0.4, 0.5) is 36.4 Å². The van der Waals surface area contributed by atoms with Crippen LogP contribution in [0.3, 0.4) is 0 Å². The van der Waals surface area contributed by atoms with E-state index in [1.165, 1.54) is 0 Å². The Morgan fingerprint density at radius 2 is 1.43 bits per heavy atom. The van der Waals surface area contributed by atoms with Crippen molar-refractivity contribution in [3.63, 3.8) is 0 Å². The molecule has 0 aliphatic rings. The van der Waals surface area contributed by atoms with Gasteiger partial charge in [0.05, 0.1) is 0 Å². The topological polar surface area (TPSA) is 26.0 Å². The first-order valence-corrected chi connectivity index (χ1v) is 6.02. The van der Waals surface area contributed by atoms with Crippen molar-refractivity contribution in [2.45, 2.75) is 38.3 Å². The molecule has 0 fully saturated rings. The van der Waals surface area contributed by atoms with Crippen molar-refractivity contribution in [1.82, 2.24) is 0 Å². The molecule has 0 unspecified atom stereocenters. The zero-order chi connectivity index (χ0) is 16.6. The Morgan fingerprint density at radius 1 is 0.952 bits per heavy atom. The number of nitrogens with two attached hydrogens (primary N) is 1. The summed E-state index contributed by atoms with van der Waals surface area (Å²) >= 11 is 0. The standard InChI is InChI=1S/C13H14F7N/c1-7(2)5-8-3-4-9(10(21)6-8)11(14,12(15,16)17)13(18,19)20/h3-4,6-7H,5,21H2,1-2H3. The molecule has 1 rings (SSSR count). The van der Waals surface area contributed by atoms with E-state index < -0.39 is 29.3 Å². The lowest BCUT2D eigenvalue weighted by atomic mass is 9.90. The van der Waals surface area contributed by atoms with Crippen molar-refractivity contribution in [2.24, 2.45) is 5.92 Å². The maximum atomic E-state index is 13.9. The molecule has 0 atom stereocenters. The Balaban J connectivity index is 3.42. The Kier molecular flexibility index (Phi) is 4.51. The van der Waals surface area contributed by atoms with E-state index in [0.717, 1.165) is 12.1 Å². The number of alkyl halides is 7. The number of rotatable bonds is 3. The molecule has 0 radical (unpaired) electrons. The highest BCUT2D eigenvalue weighted by Crippen LogP contribution is 2.54. The van der Waals surface area contributed by atoms with Crippen LogP contribution in [0.5, 0.6) is 0 Å². The minimum atomic E-state index is -6.15. The third-order valence-electron chi connectivity index (χ3n) is 2.91. The third kappa shape index (κ3) is 3.24. The summed E-state index contributed by atoms with van der Waals surface area (Å²) in [6.45, 7) is 3.63. The SMILES string of the molecule is CC(C)Cc1ccc(C(F)(C(F)(F)F)C(F)(F)F)c(N)c1. The van der Waals surface area contributed by atoms with E-state index in [1.54, 1.807) is 0 Å². The molecule has 120 valence electrons. The maximum absolute atomic E-state index is 13.9. The van der Waals surface area contributed by atoms with Crippen molar-refractivity contribution in [3.8, 4) is 0 Å². The average Bonchev–Trinajstić information content (AvgIpc) is 2.24. The first-order chi connectivity index (χ1) is 9.30. The molecule has 1 aromatic rings. The Morgan fingerprint density at radius 3 is 1.76 bits per heavy atom. The molecular weight excluding hydrogens is 303 g/mol. The molecule has 21 heavy (non-hydrogen) atoms. The van der Waals surface area contributed by atoms with Gasteiger partial charge in [-0.3, -0.25) is 0 Å². The fourth-order valence-electron chi connectivity index (χ4n) is 1.99. The number of anilines is 1. The first-order valence-electron chi connectivity index (χ1n) is 6.02. The molecule has 0 spiro atoms. The lowest BCUT2D eigenvalue weighted by Crippen LogP contribution is -2.50. The maximum Gasteiger partial charge on any atom is 0.436 e. The zero-order valence-corrected chi connectivity index (χ0v) is 11.2. The van der Waals surface area contributed by atoms with Crippen molar-refractivity contribution < 1.29 is 30.7 Å². The number of hydrogen-bond acceptors (Lipinski definition) is 1. The molecule has 0 saturated carbocycles. The van der Waals surface area contributed by atoms with E-state index in [-0.39, 0.29) is 5.92 Å². The van der Waals surface area contributed by atoms with Gasteiger partial charge < -0.3 is 5.73 Å². The summed E-state index contributed by atoms with van der Waals surface area (Å²) < 4.78 is 89.6. The van der Waals surface area contributed by atoms with E-state index in [1.807, 2.05) is 13.8 Å². The number of hydrogen-bond donors (Lipinski definition) is 1. The quantitative estimate of drug-likeness (QED) is 0.631. The van der Waals surface area contributed by atoms with Gasteiger partial charge in [0.15, 0.2) is 0 Å². The average molecular weight is 317 g/mol. The third-order valence-corrected chi connectivity index (χ3v) is 2.91. The monoisotopic (exact) mass is 317 g/mol. The van der Waals surface area contributed by atoms with Crippen LogP contribution in [-0.4, -0.2) is 12.4 Å². The summed E-state index contributed by atoms with van der Waals surface area (Å²) in [5.41, 5.74) is -2.31. The summed E-state index contributed by atoms with van der Waals surface area (Å²) in [7, 11) is 0. The van der Waals surface area contributed by atoms with Crippen LogP contribution in [0.25, 0.3) is 0 Å². The van der Waals surface area contributed by atoms with Gasteiger partial charge >= 0.3 is 18.0 Å². The van der Waals surface area contributed by atoms with Gasteiger partial charge in [-0.25, -0.2) is 4.39 Å². The predicted octanol–water partition coefficient (Wildman–Crippen LogP) is 4.76. The summed E-state index contributed by atoms with van der Waals surface area (Å²) in [6, 6.07) is 2.42. The van der Waals surface area contributed by atoms with Crippen LogP contribution in [0, 0.1) is 5.92 Å². The first kappa shape index (κ1) is 17.6. The second kappa shape index (κ2) is 5.38. The summed E-state index contributed by atoms with van der Waals surface area (Å²) in [6.07, 6.45) is -11.9. The summed E-state index contributed by atoms with van der Waals surface area (Å²) in [5.74, 6) is 0.121. The molecule has 0 aliphatic heterocycles. The Bertz CT molecular complexity index is 488.